The molecule has 32 heavy (non-hydrogen) atoms. The molecular formula is C22H34FN3O5S. The van der Waals surface area contributed by atoms with Crippen LogP contribution in [0.5, 0.6) is 0 Å². The van der Waals surface area contributed by atoms with Crippen molar-refractivity contribution in [3.63, 3.8) is 0 Å². The van der Waals surface area contributed by atoms with E-state index < -0.39 is 27.3 Å². The highest BCUT2D eigenvalue weighted by molar-refractivity contribution is 7.88. The van der Waals surface area contributed by atoms with Crippen molar-refractivity contribution in [2.24, 2.45) is 0 Å². The van der Waals surface area contributed by atoms with Gasteiger partial charge in [0.1, 0.15) is 11.4 Å². The summed E-state index contributed by atoms with van der Waals surface area (Å²) in [5, 5.41) is 0. The van der Waals surface area contributed by atoms with Gasteiger partial charge in [0.05, 0.1) is 31.1 Å². The predicted molar refractivity (Wildman–Crippen MR) is 120 cm³/mol. The van der Waals surface area contributed by atoms with E-state index in [9.17, 15) is 17.6 Å². The Morgan fingerprint density at radius 3 is 2.53 bits per heavy atom. The zero-order valence-electron chi connectivity index (χ0n) is 19.3. The fourth-order valence-corrected chi connectivity index (χ4v) is 5.19. The number of piperidine rings is 1. The number of nitrogens with zero attached hydrogens (tertiary/aromatic N) is 2. The molecule has 1 spiro atoms. The largest absolute Gasteiger partial charge is 0.444 e. The number of ether oxygens (including phenoxy) is 2. The molecule has 0 bridgehead atoms. The topological polar surface area (TPSA) is 102 Å². The maximum absolute atomic E-state index is 14.2. The van der Waals surface area contributed by atoms with Gasteiger partial charge >= 0.3 is 6.09 Å². The second kappa shape index (κ2) is 9.15. The number of halogens is 1. The molecule has 1 amide bonds. The molecule has 2 aliphatic rings. The first kappa shape index (κ1) is 24.7. The van der Waals surface area contributed by atoms with E-state index in [0.717, 1.165) is 0 Å². The first-order valence-corrected chi connectivity index (χ1v) is 12.8. The number of nitrogen functional groups attached to an aromatic ring is 1. The predicted octanol–water partition coefficient (Wildman–Crippen LogP) is 2.77. The van der Waals surface area contributed by atoms with Gasteiger partial charge in [-0.25, -0.2) is 21.9 Å². The monoisotopic (exact) mass is 471 g/mol. The van der Waals surface area contributed by atoms with Crippen molar-refractivity contribution in [2.75, 3.05) is 38.2 Å². The number of anilines is 1. The minimum atomic E-state index is -3.29. The van der Waals surface area contributed by atoms with Crippen molar-refractivity contribution >= 4 is 21.8 Å². The molecule has 2 saturated heterocycles. The molecule has 1 aromatic rings. The van der Waals surface area contributed by atoms with Gasteiger partial charge in [-0.05, 0) is 58.6 Å². The second-order valence-corrected chi connectivity index (χ2v) is 11.8. The Hall–Kier alpha value is -1.91. The van der Waals surface area contributed by atoms with E-state index in [4.69, 9.17) is 15.2 Å². The number of hydrogen-bond donors (Lipinski definition) is 1. The summed E-state index contributed by atoms with van der Waals surface area (Å²) in [7, 11) is -3.29. The van der Waals surface area contributed by atoms with Crippen molar-refractivity contribution < 1.29 is 27.1 Å². The van der Waals surface area contributed by atoms with Crippen molar-refractivity contribution in [1.29, 1.82) is 0 Å². The Morgan fingerprint density at radius 1 is 1.31 bits per heavy atom. The zero-order chi connectivity index (χ0) is 23.7. The van der Waals surface area contributed by atoms with Gasteiger partial charge in [-0.1, -0.05) is 6.07 Å². The fourth-order valence-electron chi connectivity index (χ4n) is 4.35. The number of rotatable bonds is 4. The summed E-state index contributed by atoms with van der Waals surface area (Å²) < 4.78 is 51.6. The maximum Gasteiger partial charge on any atom is 0.410 e. The number of hydrogen-bond acceptors (Lipinski definition) is 6. The molecule has 2 heterocycles. The van der Waals surface area contributed by atoms with Crippen molar-refractivity contribution in [1.82, 2.24) is 9.21 Å². The lowest BCUT2D eigenvalue weighted by Gasteiger charge is -2.49. The molecule has 0 radical (unpaired) electrons. The van der Waals surface area contributed by atoms with Crippen LogP contribution in [0.1, 0.15) is 45.6 Å². The Balaban J connectivity index is 1.77. The first-order chi connectivity index (χ1) is 14.8. The Kier molecular flexibility index (Phi) is 7.07. The number of carbonyl (C=O) groups is 1. The van der Waals surface area contributed by atoms with Crippen molar-refractivity contribution in [3.8, 4) is 0 Å². The van der Waals surface area contributed by atoms with Crippen LogP contribution in [0.25, 0.3) is 0 Å². The lowest BCUT2D eigenvalue weighted by atomic mass is 9.89. The van der Waals surface area contributed by atoms with Gasteiger partial charge in [-0.3, -0.25) is 0 Å². The third-order valence-electron chi connectivity index (χ3n) is 5.95. The summed E-state index contributed by atoms with van der Waals surface area (Å²) in [4.78, 5) is 14.5. The smallest absolute Gasteiger partial charge is 0.410 e. The third-order valence-corrected chi connectivity index (χ3v) is 7.25. The number of sulfonamides is 1. The molecule has 1 atom stereocenters. The van der Waals surface area contributed by atoms with Gasteiger partial charge in [0.2, 0.25) is 10.0 Å². The van der Waals surface area contributed by atoms with Gasteiger partial charge in [-0.15, -0.1) is 0 Å². The van der Waals surface area contributed by atoms with Crippen LogP contribution in [-0.4, -0.2) is 73.5 Å². The van der Waals surface area contributed by atoms with Crippen LogP contribution in [0.2, 0.25) is 0 Å². The number of morpholine rings is 1. The molecule has 0 unspecified atom stereocenters. The number of carbonyl (C=O) groups excluding carboxylic acids is 1. The van der Waals surface area contributed by atoms with Crippen LogP contribution in [0.15, 0.2) is 18.2 Å². The number of benzene rings is 1. The summed E-state index contributed by atoms with van der Waals surface area (Å²) >= 11 is 0. The van der Waals surface area contributed by atoms with Crippen LogP contribution in [0, 0.1) is 5.82 Å². The molecule has 180 valence electrons. The summed E-state index contributed by atoms with van der Waals surface area (Å²) in [6, 6.07) is 4.61. The average molecular weight is 472 g/mol. The standard InChI is InChI=1S/C22H34FN3O5S/c1-21(2,3)31-20(27)25-14-16(8-9-17-18(23)6-5-7-19(17)24)30-22(15-25)10-12-26(13-11-22)32(4,28)29/h5-7,16H,8-15,24H2,1-4H3/t16-/m1/s1. The van der Waals surface area contributed by atoms with E-state index in [1.54, 1.807) is 17.0 Å². The SMILES string of the molecule is CC(C)(C)OC(=O)N1C[C@@H](CCc2c(N)cccc2F)OC2(CCN(S(C)(=O)=O)CC2)C1. The van der Waals surface area contributed by atoms with Crippen LogP contribution in [0.4, 0.5) is 14.9 Å². The lowest BCUT2D eigenvalue weighted by molar-refractivity contribution is -0.169. The Morgan fingerprint density at radius 2 is 1.97 bits per heavy atom. The highest BCUT2D eigenvalue weighted by Gasteiger charge is 2.46. The Bertz CT molecular complexity index is 919. The molecule has 1 aromatic carbocycles. The molecule has 8 nitrogen and oxygen atoms in total. The van der Waals surface area contributed by atoms with E-state index in [1.807, 2.05) is 20.8 Å². The van der Waals surface area contributed by atoms with Gasteiger partial charge < -0.3 is 20.1 Å². The molecular weight excluding hydrogens is 437 g/mol. The summed E-state index contributed by atoms with van der Waals surface area (Å²) in [6.07, 6.45) is 2.21. The van der Waals surface area contributed by atoms with E-state index in [2.05, 4.69) is 0 Å². The zero-order valence-corrected chi connectivity index (χ0v) is 20.1. The van der Waals surface area contributed by atoms with Gasteiger partial charge in [0.15, 0.2) is 0 Å². The lowest BCUT2D eigenvalue weighted by Crippen LogP contribution is -2.61. The van der Waals surface area contributed by atoms with Gasteiger partial charge in [0.25, 0.3) is 0 Å². The van der Waals surface area contributed by atoms with E-state index in [0.29, 0.717) is 63.1 Å². The van der Waals surface area contributed by atoms with Crippen LogP contribution < -0.4 is 5.73 Å². The van der Waals surface area contributed by atoms with Gasteiger partial charge in [0, 0.05) is 24.3 Å². The normalized spacial score (nSPS) is 22.2. The van der Waals surface area contributed by atoms with E-state index in [-0.39, 0.29) is 11.9 Å². The highest BCUT2D eigenvalue weighted by Crippen LogP contribution is 2.35. The molecule has 2 aliphatic heterocycles. The van der Waals surface area contributed by atoms with E-state index in [1.165, 1.54) is 16.6 Å². The average Bonchev–Trinajstić information content (AvgIpc) is 2.65. The summed E-state index contributed by atoms with van der Waals surface area (Å²) in [5.74, 6) is -0.360. The summed E-state index contributed by atoms with van der Waals surface area (Å²) in [5.41, 5.74) is 5.47. The van der Waals surface area contributed by atoms with Crippen LogP contribution >= 0.6 is 0 Å². The van der Waals surface area contributed by atoms with Crippen LogP contribution in [0.3, 0.4) is 0 Å². The molecule has 0 saturated carbocycles. The summed E-state index contributed by atoms with van der Waals surface area (Å²) in [6.45, 7) is 6.74. The first-order valence-electron chi connectivity index (χ1n) is 10.9. The number of amides is 1. The fraction of sp³-hybridized carbons (Fsp3) is 0.682. The van der Waals surface area contributed by atoms with E-state index >= 15 is 0 Å². The molecule has 10 heteroatoms. The molecule has 3 rings (SSSR count). The quantitative estimate of drug-likeness (QED) is 0.678. The Labute approximate surface area is 189 Å². The van der Waals surface area contributed by atoms with Crippen molar-refractivity contribution in [2.45, 2.75) is 63.8 Å². The maximum atomic E-state index is 14.2. The van der Waals surface area contributed by atoms with Crippen LogP contribution in [-0.2, 0) is 25.9 Å². The van der Waals surface area contributed by atoms with Gasteiger partial charge in [-0.2, -0.15) is 0 Å². The molecule has 2 fully saturated rings. The number of nitrogens with two attached hydrogens (primary N) is 1. The highest BCUT2D eigenvalue weighted by atomic mass is 32.2. The molecule has 2 N–H and O–H groups in total. The minimum absolute atomic E-state index is 0.320. The molecule has 0 aromatic heterocycles. The third kappa shape index (κ3) is 6.11. The second-order valence-electron chi connectivity index (χ2n) is 9.79. The molecule has 0 aliphatic carbocycles. The minimum Gasteiger partial charge on any atom is -0.444 e. The van der Waals surface area contributed by atoms with Crippen molar-refractivity contribution in [3.05, 3.63) is 29.6 Å².